The van der Waals surface area contributed by atoms with Crippen LogP contribution >= 0.6 is 0 Å². The standard InChI is InChI=1S/C12H13F2NO2/c13-9-4-8(5-10(14)6-9)12(17)15-3-1-2-11(15)7-16/h4-6,11,16H,1-3,7H2. The van der Waals surface area contributed by atoms with Gasteiger partial charge in [-0.2, -0.15) is 0 Å². The number of halogens is 2. The highest BCUT2D eigenvalue weighted by Gasteiger charge is 2.29. The molecule has 0 spiro atoms. The summed E-state index contributed by atoms with van der Waals surface area (Å²) in [6.45, 7) is 0.395. The Kier molecular flexibility index (Phi) is 3.38. The van der Waals surface area contributed by atoms with Crippen molar-refractivity contribution in [1.82, 2.24) is 4.90 Å². The van der Waals surface area contributed by atoms with Crippen molar-refractivity contribution in [3.8, 4) is 0 Å². The maximum atomic E-state index is 13.0. The van der Waals surface area contributed by atoms with Crippen LogP contribution in [0.3, 0.4) is 0 Å². The van der Waals surface area contributed by atoms with E-state index in [9.17, 15) is 13.6 Å². The molecule has 1 aliphatic rings. The monoisotopic (exact) mass is 241 g/mol. The summed E-state index contributed by atoms with van der Waals surface area (Å²) in [5, 5.41) is 9.10. The molecule has 5 heteroatoms. The molecule has 1 N–H and O–H groups in total. The van der Waals surface area contributed by atoms with Crippen molar-refractivity contribution in [2.24, 2.45) is 0 Å². The fourth-order valence-corrected chi connectivity index (χ4v) is 2.14. The zero-order valence-electron chi connectivity index (χ0n) is 9.20. The van der Waals surface area contributed by atoms with Crippen molar-refractivity contribution in [2.45, 2.75) is 18.9 Å². The van der Waals surface area contributed by atoms with Crippen molar-refractivity contribution in [1.29, 1.82) is 0 Å². The van der Waals surface area contributed by atoms with Gasteiger partial charge >= 0.3 is 0 Å². The second-order valence-corrected chi connectivity index (χ2v) is 4.14. The van der Waals surface area contributed by atoms with Crippen LogP contribution in [-0.2, 0) is 0 Å². The van der Waals surface area contributed by atoms with Gasteiger partial charge in [0.1, 0.15) is 11.6 Å². The Balaban J connectivity index is 2.24. The maximum absolute atomic E-state index is 13.0. The van der Waals surface area contributed by atoms with Crippen molar-refractivity contribution >= 4 is 5.91 Å². The maximum Gasteiger partial charge on any atom is 0.254 e. The van der Waals surface area contributed by atoms with Gasteiger partial charge < -0.3 is 10.0 Å². The summed E-state index contributed by atoms with van der Waals surface area (Å²) in [6.07, 6.45) is 1.52. The van der Waals surface area contributed by atoms with E-state index in [4.69, 9.17) is 5.11 Å². The third kappa shape index (κ3) is 2.44. The third-order valence-electron chi connectivity index (χ3n) is 2.96. The van der Waals surface area contributed by atoms with Crippen LogP contribution in [0, 0.1) is 11.6 Å². The molecule has 0 aromatic heterocycles. The lowest BCUT2D eigenvalue weighted by molar-refractivity contribution is 0.0676. The van der Waals surface area contributed by atoms with Crippen LogP contribution < -0.4 is 0 Å². The van der Waals surface area contributed by atoms with Gasteiger partial charge in [0.2, 0.25) is 0 Å². The normalized spacial score (nSPS) is 19.7. The summed E-state index contributed by atoms with van der Waals surface area (Å²) in [7, 11) is 0. The molecule has 92 valence electrons. The third-order valence-corrected chi connectivity index (χ3v) is 2.96. The number of rotatable bonds is 2. The van der Waals surface area contributed by atoms with E-state index in [2.05, 4.69) is 0 Å². The highest BCUT2D eigenvalue weighted by molar-refractivity contribution is 5.94. The van der Waals surface area contributed by atoms with Crippen molar-refractivity contribution in [2.75, 3.05) is 13.2 Å². The Hall–Kier alpha value is -1.49. The van der Waals surface area contributed by atoms with Gasteiger partial charge in [-0.15, -0.1) is 0 Å². The van der Waals surface area contributed by atoms with E-state index in [0.29, 0.717) is 6.54 Å². The number of benzene rings is 1. The summed E-state index contributed by atoms with van der Waals surface area (Å²) in [4.78, 5) is 13.5. The molecule has 1 saturated heterocycles. The highest BCUT2D eigenvalue weighted by atomic mass is 19.1. The lowest BCUT2D eigenvalue weighted by atomic mass is 10.1. The molecule has 2 rings (SSSR count). The lowest BCUT2D eigenvalue weighted by Crippen LogP contribution is -2.37. The molecule has 1 heterocycles. The number of hydrogen-bond donors (Lipinski definition) is 1. The Labute approximate surface area is 97.7 Å². The Morgan fingerprint density at radius 1 is 1.35 bits per heavy atom. The molecule has 1 unspecified atom stereocenters. The molecule has 1 aromatic rings. The van der Waals surface area contributed by atoms with E-state index in [-0.39, 0.29) is 18.2 Å². The number of aliphatic hydroxyl groups excluding tert-OH is 1. The molecule has 0 bridgehead atoms. The average Bonchev–Trinajstić information content (AvgIpc) is 2.74. The SMILES string of the molecule is O=C(c1cc(F)cc(F)c1)N1CCCC1CO. The summed E-state index contributed by atoms with van der Waals surface area (Å²) in [5.41, 5.74) is -0.0112. The van der Waals surface area contributed by atoms with Crippen LogP contribution in [0.4, 0.5) is 8.78 Å². The zero-order valence-corrected chi connectivity index (χ0v) is 9.20. The van der Waals surface area contributed by atoms with E-state index in [1.54, 1.807) is 0 Å². The van der Waals surface area contributed by atoms with Gasteiger partial charge in [0.15, 0.2) is 0 Å². The highest BCUT2D eigenvalue weighted by Crippen LogP contribution is 2.20. The second-order valence-electron chi connectivity index (χ2n) is 4.14. The zero-order chi connectivity index (χ0) is 12.4. The quantitative estimate of drug-likeness (QED) is 0.853. The predicted octanol–water partition coefficient (Wildman–Crippen LogP) is 1.56. The number of amides is 1. The van der Waals surface area contributed by atoms with E-state index < -0.39 is 17.5 Å². The molecular weight excluding hydrogens is 228 g/mol. The van der Waals surface area contributed by atoms with Crippen LogP contribution in [0.1, 0.15) is 23.2 Å². The van der Waals surface area contributed by atoms with Crippen molar-refractivity contribution in [3.05, 3.63) is 35.4 Å². The van der Waals surface area contributed by atoms with Crippen molar-refractivity contribution in [3.63, 3.8) is 0 Å². The lowest BCUT2D eigenvalue weighted by Gasteiger charge is -2.23. The average molecular weight is 241 g/mol. The number of aliphatic hydroxyl groups is 1. The Morgan fingerprint density at radius 2 is 2.00 bits per heavy atom. The first-order chi connectivity index (χ1) is 8.11. The predicted molar refractivity (Wildman–Crippen MR) is 57.5 cm³/mol. The molecule has 1 aliphatic heterocycles. The van der Waals surface area contributed by atoms with Crippen molar-refractivity contribution < 1.29 is 18.7 Å². The van der Waals surface area contributed by atoms with Gasteiger partial charge in [0.25, 0.3) is 5.91 Å². The first-order valence-corrected chi connectivity index (χ1v) is 5.49. The van der Waals surface area contributed by atoms with Gasteiger partial charge in [-0.05, 0) is 25.0 Å². The Morgan fingerprint density at radius 3 is 2.59 bits per heavy atom. The number of nitrogens with zero attached hydrogens (tertiary/aromatic N) is 1. The summed E-state index contributed by atoms with van der Waals surface area (Å²) < 4.78 is 26.0. The number of carbonyl (C=O) groups is 1. The topological polar surface area (TPSA) is 40.5 Å². The van der Waals surface area contributed by atoms with E-state index >= 15 is 0 Å². The number of carbonyl (C=O) groups excluding carboxylic acids is 1. The fourth-order valence-electron chi connectivity index (χ4n) is 2.14. The first-order valence-electron chi connectivity index (χ1n) is 5.49. The molecule has 0 radical (unpaired) electrons. The van der Waals surface area contributed by atoms with Crippen LogP contribution in [0.25, 0.3) is 0 Å². The van der Waals surface area contributed by atoms with Gasteiger partial charge in [-0.25, -0.2) is 8.78 Å². The van der Waals surface area contributed by atoms with E-state index in [1.165, 1.54) is 4.90 Å². The number of likely N-dealkylation sites (tertiary alicyclic amines) is 1. The number of hydrogen-bond acceptors (Lipinski definition) is 2. The molecule has 0 aliphatic carbocycles. The van der Waals surface area contributed by atoms with E-state index in [0.717, 1.165) is 31.0 Å². The summed E-state index contributed by atoms with van der Waals surface area (Å²) >= 11 is 0. The summed E-state index contributed by atoms with van der Waals surface area (Å²) in [5.74, 6) is -1.97. The van der Waals surface area contributed by atoms with Crippen LogP contribution in [0.15, 0.2) is 18.2 Å². The molecular formula is C12H13F2NO2. The minimum Gasteiger partial charge on any atom is -0.394 e. The largest absolute Gasteiger partial charge is 0.394 e. The van der Waals surface area contributed by atoms with Gasteiger partial charge in [0.05, 0.1) is 12.6 Å². The Bertz CT molecular complexity index is 416. The molecule has 1 atom stereocenters. The molecule has 1 aromatic carbocycles. The smallest absolute Gasteiger partial charge is 0.254 e. The minimum absolute atomic E-state index is 0.0112. The fraction of sp³-hybridized carbons (Fsp3) is 0.417. The molecule has 17 heavy (non-hydrogen) atoms. The van der Waals surface area contributed by atoms with Gasteiger partial charge in [0, 0.05) is 18.2 Å². The molecule has 3 nitrogen and oxygen atoms in total. The van der Waals surface area contributed by atoms with Crippen LogP contribution in [0.5, 0.6) is 0 Å². The summed E-state index contributed by atoms with van der Waals surface area (Å²) in [6, 6.07) is 2.51. The molecule has 0 saturated carbocycles. The van der Waals surface area contributed by atoms with Crippen LogP contribution in [0.2, 0.25) is 0 Å². The second kappa shape index (κ2) is 4.79. The van der Waals surface area contributed by atoms with Crippen LogP contribution in [-0.4, -0.2) is 35.1 Å². The first kappa shape index (κ1) is 12.0. The van der Waals surface area contributed by atoms with Gasteiger partial charge in [-0.3, -0.25) is 4.79 Å². The van der Waals surface area contributed by atoms with Gasteiger partial charge in [-0.1, -0.05) is 0 Å². The molecule has 1 amide bonds. The molecule has 1 fully saturated rings. The van der Waals surface area contributed by atoms with E-state index in [1.807, 2.05) is 0 Å². The minimum atomic E-state index is -0.770.